The fourth-order valence-corrected chi connectivity index (χ4v) is 4.13. The van der Waals surface area contributed by atoms with Crippen LogP contribution in [0.4, 0.5) is 11.9 Å². The summed E-state index contributed by atoms with van der Waals surface area (Å²) in [5.74, 6) is 1.76. The summed E-state index contributed by atoms with van der Waals surface area (Å²) in [6, 6.07) is 5.83. The number of benzene rings is 1. The molecule has 3 N–H and O–H groups in total. The van der Waals surface area contributed by atoms with E-state index in [1.165, 1.54) is 0 Å². The molecule has 150 valence electrons. The Bertz CT molecular complexity index is 849. The zero-order chi connectivity index (χ0) is 20.1. The first-order valence-corrected chi connectivity index (χ1v) is 10.5. The zero-order valence-corrected chi connectivity index (χ0v) is 18.3. The van der Waals surface area contributed by atoms with E-state index >= 15 is 0 Å². The Morgan fingerprint density at radius 3 is 2.79 bits per heavy atom. The van der Waals surface area contributed by atoms with Gasteiger partial charge in [0.1, 0.15) is 5.82 Å². The molecule has 1 aliphatic carbocycles. The van der Waals surface area contributed by atoms with E-state index in [-0.39, 0.29) is 17.9 Å². The summed E-state index contributed by atoms with van der Waals surface area (Å²) in [5.41, 5.74) is 0.906. The monoisotopic (exact) mass is 466 g/mol. The Balaban J connectivity index is 1.56. The van der Waals surface area contributed by atoms with Crippen molar-refractivity contribution in [2.45, 2.75) is 45.2 Å². The number of halogens is 2. The maximum Gasteiger partial charge on any atom is 0.227 e. The van der Waals surface area contributed by atoms with E-state index in [0.717, 1.165) is 35.7 Å². The van der Waals surface area contributed by atoms with Gasteiger partial charge < -0.3 is 16.0 Å². The number of carbonyl (C=O) groups excluding carboxylic acids is 1. The zero-order valence-electron chi connectivity index (χ0n) is 15.9. The maximum atomic E-state index is 12.7. The van der Waals surface area contributed by atoms with Crippen LogP contribution in [-0.4, -0.2) is 33.9 Å². The summed E-state index contributed by atoms with van der Waals surface area (Å²) < 4.78 is 0.920. The minimum Gasteiger partial charge on any atom is -0.357 e. The molecule has 1 aromatic heterocycles. The normalized spacial score (nSPS) is 19.1. The lowest BCUT2D eigenvalue weighted by Gasteiger charge is -2.29. The molecule has 0 spiro atoms. The highest BCUT2D eigenvalue weighted by molar-refractivity contribution is 9.10. The number of amides is 1. The van der Waals surface area contributed by atoms with E-state index in [0.29, 0.717) is 29.3 Å². The molecule has 1 aliphatic rings. The van der Waals surface area contributed by atoms with Gasteiger partial charge in [0.15, 0.2) is 0 Å². The van der Waals surface area contributed by atoms with Gasteiger partial charge in [0.05, 0.1) is 0 Å². The highest BCUT2D eigenvalue weighted by Crippen LogP contribution is 2.27. The van der Waals surface area contributed by atoms with Crippen LogP contribution in [0.1, 0.15) is 37.1 Å². The minimum absolute atomic E-state index is 0.0350. The molecule has 28 heavy (non-hydrogen) atoms. The lowest BCUT2D eigenvalue weighted by Crippen LogP contribution is -2.37. The smallest absolute Gasteiger partial charge is 0.227 e. The average molecular weight is 468 g/mol. The minimum atomic E-state index is -0.0350. The molecule has 3 rings (SSSR count). The SMILES string of the molecule is CNc1nc(C)nc(N[C@@H]2CCC[C@H](C(=O)NCc3ccc(Br)cc3Cl)C2)n1. The van der Waals surface area contributed by atoms with Crippen molar-refractivity contribution in [1.82, 2.24) is 20.3 Å². The van der Waals surface area contributed by atoms with Crippen LogP contribution in [0.25, 0.3) is 0 Å². The highest BCUT2D eigenvalue weighted by atomic mass is 79.9. The Morgan fingerprint density at radius 2 is 2.04 bits per heavy atom. The highest BCUT2D eigenvalue weighted by Gasteiger charge is 2.27. The van der Waals surface area contributed by atoms with Crippen molar-refractivity contribution in [2.24, 2.45) is 5.92 Å². The Morgan fingerprint density at radius 1 is 1.25 bits per heavy atom. The standard InChI is InChI=1S/C19H24BrClN6O/c1-11-24-18(22-2)27-19(25-11)26-15-5-3-4-12(8-15)17(28)23-10-13-6-7-14(20)9-16(13)21/h6-7,9,12,15H,3-5,8,10H2,1-2H3,(H,23,28)(H2,22,24,25,26,27)/t12-,15+/m0/s1. The molecule has 1 amide bonds. The van der Waals surface area contributed by atoms with Crippen molar-refractivity contribution in [2.75, 3.05) is 17.7 Å². The summed E-state index contributed by atoms with van der Waals surface area (Å²) in [7, 11) is 1.78. The van der Waals surface area contributed by atoms with E-state index in [9.17, 15) is 4.79 Å². The molecule has 0 saturated heterocycles. The Labute approximate surface area is 178 Å². The number of nitrogens with one attached hydrogen (secondary N) is 3. The van der Waals surface area contributed by atoms with Gasteiger partial charge in [-0.05, 0) is 43.9 Å². The molecule has 0 radical (unpaired) electrons. The predicted octanol–water partition coefficient (Wildman–Crippen LogP) is 3.92. The van der Waals surface area contributed by atoms with Gasteiger partial charge in [0.2, 0.25) is 17.8 Å². The first kappa shape index (κ1) is 20.8. The molecular weight excluding hydrogens is 444 g/mol. The first-order valence-electron chi connectivity index (χ1n) is 9.33. The maximum absolute atomic E-state index is 12.7. The van der Waals surface area contributed by atoms with Crippen molar-refractivity contribution < 1.29 is 4.79 Å². The molecular formula is C19H24BrClN6O. The first-order chi connectivity index (χ1) is 13.4. The van der Waals surface area contributed by atoms with Crippen LogP contribution in [0, 0.1) is 12.8 Å². The van der Waals surface area contributed by atoms with Gasteiger partial charge in [-0.25, -0.2) is 0 Å². The predicted molar refractivity (Wildman–Crippen MR) is 114 cm³/mol. The number of rotatable bonds is 6. The molecule has 1 heterocycles. The van der Waals surface area contributed by atoms with Crippen LogP contribution in [-0.2, 0) is 11.3 Å². The van der Waals surface area contributed by atoms with Gasteiger partial charge in [0.25, 0.3) is 0 Å². The lowest BCUT2D eigenvalue weighted by atomic mass is 9.85. The molecule has 1 fully saturated rings. The van der Waals surface area contributed by atoms with Gasteiger partial charge >= 0.3 is 0 Å². The number of anilines is 2. The Hall–Kier alpha value is -1.93. The number of aryl methyl sites for hydroxylation is 1. The third-order valence-corrected chi connectivity index (χ3v) is 5.66. The quantitative estimate of drug-likeness (QED) is 0.596. The van der Waals surface area contributed by atoms with Gasteiger partial charge in [0, 0.05) is 35.0 Å². The van der Waals surface area contributed by atoms with Crippen molar-refractivity contribution in [3.05, 3.63) is 39.1 Å². The number of carbonyl (C=O) groups is 1. The number of hydrogen-bond acceptors (Lipinski definition) is 6. The Kier molecular flexibility index (Phi) is 7.07. The molecule has 1 saturated carbocycles. The van der Waals surface area contributed by atoms with Crippen LogP contribution in [0.5, 0.6) is 0 Å². The molecule has 2 aromatic rings. The van der Waals surface area contributed by atoms with Crippen LogP contribution >= 0.6 is 27.5 Å². The van der Waals surface area contributed by atoms with Crippen LogP contribution in [0.2, 0.25) is 5.02 Å². The van der Waals surface area contributed by atoms with Crippen LogP contribution in [0.3, 0.4) is 0 Å². The summed E-state index contributed by atoms with van der Waals surface area (Å²) in [4.78, 5) is 25.6. The van der Waals surface area contributed by atoms with E-state index < -0.39 is 0 Å². The fourth-order valence-electron chi connectivity index (χ4n) is 3.39. The summed E-state index contributed by atoms with van der Waals surface area (Å²) in [5, 5.41) is 9.96. The van der Waals surface area contributed by atoms with Crippen molar-refractivity contribution in [3.8, 4) is 0 Å². The lowest BCUT2D eigenvalue weighted by molar-refractivity contribution is -0.126. The summed E-state index contributed by atoms with van der Waals surface area (Å²) >= 11 is 9.62. The molecule has 9 heteroatoms. The molecule has 7 nitrogen and oxygen atoms in total. The molecule has 1 aromatic carbocycles. The topological polar surface area (TPSA) is 91.8 Å². The molecule has 0 unspecified atom stereocenters. The van der Waals surface area contributed by atoms with E-state index in [2.05, 4.69) is 46.8 Å². The fraction of sp³-hybridized carbons (Fsp3) is 0.474. The second-order valence-electron chi connectivity index (χ2n) is 6.94. The largest absolute Gasteiger partial charge is 0.357 e. The molecule has 2 atom stereocenters. The van der Waals surface area contributed by atoms with Gasteiger partial charge in [-0.15, -0.1) is 0 Å². The third kappa shape index (κ3) is 5.54. The average Bonchev–Trinajstić information content (AvgIpc) is 2.66. The second-order valence-corrected chi connectivity index (χ2v) is 8.26. The second kappa shape index (κ2) is 9.52. The van der Waals surface area contributed by atoms with Crippen molar-refractivity contribution in [1.29, 1.82) is 0 Å². The van der Waals surface area contributed by atoms with Crippen LogP contribution in [0.15, 0.2) is 22.7 Å². The molecule has 0 bridgehead atoms. The van der Waals surface area contributed by atoms with Gasteiger partial charge in [-0.3, -0.25) is 4.79 Å². The van der Waals surface area contributed by atoms with E-state index in [1.807, 2.05) is 25.1 Å². The summed E-state index contributed by atoms with van der Waals surface area (Å²) in [6.07, 6.45) is 3.61. The van der Waals surface area contributed by atoms with Crippen LogP contribution < -0.4 is 16.0 Å². The van der Waals surface area contributed by atoms with E-state index in [1.54, 1.807) is 7.05 Å². The van der Waals surface area contributed by atoms with E-state index in [4.69, 9.17) is 11.6 Å². The summed E-state index contributed by atoms with van der Waals surface area (Å²) in [6.45, 7) is 2.26. The third-order valence-electron chi connectivity index (χ3n) is 4.82. The number of hydrogen-bond donors (Lipinski definition) is 3. The van der Waals surface area contributed by atoms with Gasteiger partial charge in [-0.1, -0.05) is 40.0 Å². The number of nitrogens with zero attached hydrogens (tertiary/aromatic N) is 3. The van der Waals surface area contributed by atoms with Gasteiger partial charge in [-0.2, -0.15) is 15.0 Å². The molecule has 0 aliphatic heterocycles. The van der Waals surface area contributed by atoms with Crippen molar-refractivity contribution >= 4 is 45.3 Å². The number of aromatic nitrogens is 3. The van der Waals surface area contributed by atoms with Crippen molar-refractivity contribution in [3.63, 3.8) is 0 Å².